The molecule has 3 heterocycles. The van der Waals surface area contributed by atoms with Gasteiger partial charge in [-0.15, -0.1) is 10.2 Å². The summed E-state index contributed by atoms with van der Waals surface area (Å²) in [5, 5.41) is 21.7. The highest BCUT2D eigenvalue weighted by Crippen LogP contribution is 2.38. The van der Waals surface area contributed by atoms with Gasteiger partial charge in [0.15, 0.2) is 0 Å². The Balaban J connectivity index is 2.02. The van der Waals surface area contributed by atoms with Crippen molar-refractivity contribution in [1.82, 2.24) is 35.6 Å². The second-order valence-electron chi connectivity index (χ2n) is 6.54. The topological polar surface area (TPSA) is 212 Å². The molecule has 0 atom stereocenters. The fourth-order valence-corrected chi connectivity index (χ4v) is 5.85. The molecule has 1 fully saturated rings. The van der Waals surface area contributed by atoms with Crippen LogP contribution in [0.25, 0.3) is 22.5 Å². The molecule has 30 heavy (non-hydrogen) atoms. The van der Waals surface area contributed by atoms with Gasteiger partial charge in [0, 0.05) is 30.9 Å². The normalized spacial score (nSPS) is 15.1. The van der Waals surface area contributed by atoms with E-state index in [1.165, 1.54) is 24.4 Å². The van der Waals surface area contributed by atoms with Gasteiger partial charge in [-0.1, -0.05) is 6.07 Å². The van der Waals surface area contributed by atoms with E-state index >= 15 is 0 Å². The Bertz CT molecular complexity index is 1290. The Morgan fingerprint density at radius 2 is 1.87 bits per heavy atom. The van der Waals surface area contributed by atoms with Gasteiger partial charge >= 0.3 is 0 Å². The van der Waals surface area contributed by atoms with Gasteiger partial charge in [0.2, 0.25) is 25.9 Å². The van der Waals surface area contributed by atoms with E-state index in [9.17, 15) is 16.8 Å². The number of H-pyrrole nitrogens is 1. The minimum atomic E-state index is -4.54. The number of nitrogens with zero attached hydrogens (tertiary/aromatic N) is 4. The van der Waals surface area contributed by atoms with Crippen LogP contribution in [0, 0.1) is 0 Å². The number of benzene rings is 1. The summed E-state index contributed by atoms with van der Waals surface area (Å²) in [7, 11) is -8.76. The second kappa shape index (κ2) is 7.37. The zero-order chi connectivity index (χ0) is 21.5. The van der Waals surface area contributed by atoms with Crippen molar-refractivity contribution in [2.75, 3.05) is 18.8 Å². The number of aromatic amines is 1. The third kappa shape index (κ3) is 3.75. The van der Waals surface area contributed by atoms with E-state index in [4.69, 9.17) is 10.9 Å². The second-order valence-corrected chi connectivity index (χ2v) is 9.72. The Kier molecular flexibility index (Phi) is 4.99. The van der Waals surface area contributed by atoms with Gasteiger partial charge < -0.3 is 11.1 Å². The first-order valence-electron chi connectivity index (χ1n) is 8.55. The highest BCUT2D eigenvalue weighted by Gasteiger charge is 2.34. The van der Waals surface area contributed by atoms with E-state index in [-0.39, 0.29) is 28.8 Å². The molecule has 0 saturated carbocycles. The van der Waals surface area contributed by atoms with E-state index in [1.807, 2.05) is 0 Å². The molecule has 2 aromatic heterocycles. The molecular weight excluding hydrogens is 434 g/mol. The summed E-state index contributed by atoms with van der Waals surface area (Å²) in [4.78, 5) is 2.84. The van der Waals surface area contributed by atoms with Crippen LogP contribution in [0.3, 0.4) is 0 Å². The van der Waals surface area contributed by atoms with Gasteiger partial charge in [-0.25, -0.2) is 31.7 Å². The number of sulfonamides is 2. The molecule has 158 valence electrons. The average Bonchev–Trinajstić information content (AvgIpc) is 3.18. The molecule has 3 aromatic rings. The third-order valence-electron chi connectivity index (χ3n) is 4.47. The van der Waals surface area contributed by atoms with E-state index in [0.717, 1.165) is 0 Å². The summed E-state index contributed by atoms with van der Waals surface area (Å²) in [6, 6.07) is 5.35. The lowest BCUT2D eigenvalue weighted by Crippen LogP contribution is -2.56. The summed E-state index contributed by atoms with van der Waals surface area (Å²) in [6.07, 6.45) is 1.41. The smallest absolute Gasteiger partial charge is 0.242 e. The molecule has 0 spiro atoms. The Hall–Kier alpha value is -2.98. The van der Waals surface area contributed by atoms with Crippen molar-refractivity contribution in [3.05, 3.63) is 30.5 Å². The Labute approximate surface area is 171 Å². The largest absolute Gasteiger partial charge is 0.384 e. The number of hydrogen-bond donors (Lipinski definition) is 5. The quantitative estimate of drug-likeness (QED) is 0.290. The molecule has 1 saturated heterocycles. The first kappa shape index (κ1) is 20.3. The van der Waals surface area contributed by atoms with Crippen molar-refractivity contribution in [3.8, 4) is 22.5 Å². The molecular formula is C15H17N9O4S2. The highest BCUT2D eigenvalue weighted by molar-refractivity contribution is 7.92. The number of rotatable bonds is 6. The van der Waals surface area contributed by atoms with Crippen LogP contribution >= 0.6 is 0 Å². The molecule has 0 unspecified atom stereocenters. The molecule has 4 rings (SSSR count). The molecule has 0 amide bonds. The van der Waals surface area contributed by atoms with Gasteiger partial charge in [-0.05, 0) is 29.0 Å². The first-order chi connectivity index (χ1) is 14.2. The molecule has 0 radical (unpaired) electrons. The van der Waals surface area contributed by atoms with Crippen molar-refractivity contribution in [3.63, 3.8) is 0 Å². The van der Waals surface area contributed by atoms with Crippen molar-refractivity contribution in [2.24, 2.45) is 5.14 Å². The van der Waals surface area contributed by atoms with Crippen LogP contribution in [0.5, 0.6) is 0 Å². The van der Waals surface area contributed by atoms with E-state index in [0.29, 0.717) is 18.7 Å². The summed E-state index contributed by atoms with van der Waals surface area (Å²) in [6.45, 7) is 0.855. The van der Waals surface area contributed by atoms with Crippen LogP contribution in [0.2, 0.25) is 0 Å². The number of anilines is 1. The highest BCUT2D eigenvalue weighted by atomic mass is 32.2. The van der Waals surface area contributed by atoms with Crippen LogP contribution in [0.15, 0.2) is 40.3 Å². The van der Waals surface area contributed by atoms with E-state index in [2.05, 4.69) is 35.6 Å². The maximum atomic E-state index is 13.0. The van der Waals surface area contributed by atoms with Crippen LogP contribution in [-0.4, -0.2) is 61.6 Å². The van der Waals surface area contributed by atoms with Crippen molar-refractivity contribution in [1.29, 1.82) is 0 Å². The van der Waals surface area contributed by atoms with Crippen molar-refractivity contribution < 1.29 is 16.8 Å². The minimum Gasteiger partial charge on any atom is -0.384 e. The number of tetrazole rings is 1. The standard InChI is InChI=1S/C15H17N9O4S2/c16-12-4-1-8(5-19-12)10-2-3-11(30(27,28)22-9-6-18-7-9)14(29(17,25)26)13(10)15-20-23-24-21-15/h1-5,9,18,22H,6-7H2,(H2,16,19)(H2,17,25,26)(H,20,21,23,24). The summed E-state index contributed by atoms with van der Waals surface area (Å²) in [5.74, 6) is 0.109. The molecule has 15 heteroatoms. The maximum Gasteiger partial charge on any atom is 0.242 e. The van der Waals surface area contributed by atoms with Gasteiger partial charge in [-0.2, -0.15) is 5.21 Å². The van der Waals surface area contributed by atoms with Crippen LogP contribution in [0.1, 0.15) is 0 Å². The Morgan fingerprint density at radius 1 is 1.10 bits per heavy atom. The lowest BCUT2D eigenvalue weighted by Gasteiger charge is -2.28. The van der Waals surface area contributed by atoms with Gasteiger partial charge in [0.05, 0.1) is 5.56 Å². The minimum absolute atomic E-state index is 0.118. The fourth-order valence-electron chi connectivity index (χ4n) is 3.01. The van der Waals surface area contributed by atoms with Gasteiger partial charge in [-0.3, -0.25) is 0 Å². The fraction of sp³-hybridized carbons (Fsp3) is 0.200. The summed E-state index contributed by atoms with van der Waals surface area (Å²) in [5.41, 5.74) is 6.25. The van der Waals surface area contributed by atoms with E-state index in [1.54, 1.807) is 6.07 Å². The predicted molar refractivity (Wildman–Crippen MR) is 106 cm³/mol. The molecule has 1 aromatic carbocycles. The predicted octanol–water partition coefficient (Wildman–Crippen LogP) is -1.59. The van der Waals surface area contributed by atoms with Crippen LogP contribution in [-0.2, 0) is 20.0 Å². The summed E-state index contributed by atoms with van der Waals surface area (Å²) >= 11 is 0. The van der Waals surface area contributed by atoms with Crippen molar-refractivity contribution in [2.45, 2.75) is 15.8 Å². The third-order valence-corrected chi connectivity index (χ3v) is 7.15. The number of nitrogen functional groups attached to an aromatic ring is 1. The molecule has 7 N–H and O–H groups in total. The average molecular weight is 451 g/mol. The number of primary sulfonamides is 1. The Morgan fingerprint density at radius 3 is 2.40 bits per heavy atom. The lowest BCUT2D eigenvalue weighted by molar-refractivity contribution is 0.410. The zero-order valence-corrected chi connectivity index (χ0v) is 16.9. The maximum absolute atomic E-state index is 13.0. The van der Waals surface area contributed by atoms with Gasteiger partial charge in [0.25, 0.3) is 0 Å². The molecule has 0 bridgehead atoms. The molecule has 1 aliphatic heterocycles. The summed E-state index contributed by atoms with van der Waals surface area (Å²) < 4.78 is 53.5. The van der Waals surface area contributed by atoms with Crippen molar-refractivity contribution >= 4 is 25.9 Å². The van der Waals surface area contributed by atoms with Crippen LogP contribution < -0.4 is 20.9 Å². The number of pyridine rings is 1. The zero-order valence-electron chi connectivity index (χ0n) is 15.3. The SMILES string of the molecule is Nc1ccc(-c2ccc(S(=O)(=O)NC3CNC3)c(S(N)(=O)=O)c2-c2nn[nH]n2)cn1. The van der Waals surface area contributed by atoms with Gasteiger partial charge in [0.1, 0.15) is 15.6 Å². The monoisotopic (exact) mass is 451 g/mol. The number of nitrogens with two attached hydrogens (primary N) is 2. The van der Waals surface area contributed by atoms with E-state index < -0.39 is 29.8 Å². The molecule has 1 aliphatic rings. The number of hydrogen-bond acceptors (Lipinski definition) is 10. The molecule has 0 aliphatic carbocycles. The first-order valence-corrected chi connectivity index (χ1v) is 11.6. The number of nitrogens with one attached hydrogen (secondary N) is 3. The number of aromatic nitrogens is 5. The lowest BCUT2D eigenvalue weighted by atomic mass is 10.0. The molecule has 13 nitrogen and oxygen atoms in total. The van der Waals surface area contributed by atoms with Crippen LogP contribution in [0.4, 0.5) is 5.82 Å².